The zero-order chi connectivity index (χ0) is 15.4. The lowest BCUT2D eigenvalue weighted by molar-refractivity contribution is -0.132. The Bertz CT molecular complexity index is 485. The first-order valence-corrected chi connectivity index (χ1v) is 8.93. The van der Waals surface area contributed by atoms with Gasteiger partial charge in [0.2, 0.25) is 5.91 Å². The summed E-state index contributed by atoms with van der Waals surface area (Å²) in [5.41, 5.74) is 2.58. The molecule has 2 aliphatic rings. The molecule has 1 aromatic rings. The first kappa shape index (κ1) is 20.7. The second-order valence-corrected chi connectivity index (χ2v) is 7.00. The molecule has 0 N–H and O–H groups in total. The van der Waals surface area contributed by atoms with E-state index >= 15 is 0 Å². The molecule has 1 aromatic carbocycles. The van der Waals surface area contributed by atoms with Gasteiger partial charge in [0.25, 0.3) is 0 Å². The fraction of sp³-hybridized carbons (Fsp3) is 0.545. The highest BCUT2D eigenvalue weighted by atomic mass is 16.2. The molecule has 131 valence electrons. The van der Waals surface area contributed by atoms with E-state index < -0.39 is 0 Å². The zero-order valence-electron chi connectivity index (χ0n) is 15.2. The Morgan fingerprint density at radius 3 is 2.46 bits per heavy atom. The van der Waals surface area contributed by atoms with Crippen LogP contribution in [-0.4, -0.2) is 23.4 Å². The van der Waals surface area contributed by atoms with Gasteiger partial charge >= 0.3 is 0 Å². The average Bonchev–Trinajstić information content (AvgIpc) is 2.83. The number of hydrogen-bond donors (Lipinski definition) is 0. The van der Waals surface area contributed by atoms with Crippen LogP contribution in [0.3, 0.4) is 0 Å². The molecule has 0 spiro atoms. The highest BCUT2D eigenvalue weighted by Crippen LogP contribution is 2.29. The van der Waals surface area contributed by atoms with E-state index in [0.29, 0.717) is 11.9 Å². The predicted molar refractivity (Wildman–Crippen MR) is 101 cm³/mol. The summed E-state index contributed by atoms with van der Waals surface area (Å²) in [5.74, 6) is 0.587. The highest BCUT2D eigenvalue weighted by Gasteiger charge is 2.35. The van der Waals surface area contributed by atoms with Crippen LogP contribution in [-0.2, 0) is 11.2 Å². The first-order chi connectivity index (χ1) is 10.7. The molecule has 1 aliphatic heterocycles. The summed E-state index contributed by atoms with van der Waals surface area (Å²) < 4.78 is 0. The van der Waals surface area contributed by atoms with Gasteiger partial charge < -0.3 is 4.90 Å². The Kier molecular flexibility index (Phi) is 8.52. The third-order valence-corrected chi connectivity index (χ3v) is 5.25. The van der Waals surface area contributed by atoms with Gasteiger partial charge in [0.15, 0.2) is 0 Å². The minimum absolute atomic E-state index is 0. The van der Waals surface area contributed by atoms with Crippen molar-refractivity contribution in [3.05, 3.63) is 56.7 Å². The lowest BCUT2D eigenvalue weighted by Gasteiger charge is -2.29. The number of amides is 1. The molecule has 24 heavy (non-hydrogen) atoms. The molecule has 0 bridgehead atoms. The maximum atomic E-state index is 12.8. The zero-order valence-corrected chi connectivity index (χ0v) is 15.2. The van der Waals surface area contributed by atoms with Crippen LogP contribution < -0.4 is 0 Å². The van der Waals surface area contributed by atoms with Gasteiger partial charge in [-0.1, -0.05) is 70.4 Å². The molecule has 5 radical (unpaired) electrons. The SMILES string of the molecule is Cc1ccc(CC2CCN(C3[CH]CCCCCC3)C2=O)cc1.[CH2].[CH2]. The van der Waals surface area contributed by atoms with Crippen molar-refractivity contribution >= 4 is 5.91 Å². The van der Waals surface area contributed by atoms with Crippen molar-refractivity contribution in [1.29, 1.82) is 0 Å². The predicted octanol–water partition coefficient (Wildman–Crippen LogP) is 4.97. The molecule has 1 saturated carbocycles. The quantitative estimate of drug-likeness (QED) is 0.768. The Morgan fingerprint density at radius 2 is 1.71 bits per heavy atom. The van der Waals surface area contributed by atoms with Gasteiger partial charge in [0.1, 0.15) is 0 Å². The van der Waals surface area contributed by atoms with Crippen LogP contribution in [0.25, 0.3) is 0 Å². The topological polar surface area (TPSA) is 20.3 Å². The molecule has 3 rings (SSSR count). The fourth-order valence-electron chi connectivity index (χ4n) is 3.85. The second-order valence-electron chi connectivity index (χ2n) is 7.00. The Hall–Kier alpha value is -1.31. The normalized spacial score (nSPS) is 22.3. The van der Waals surface area contributed by atoms with Crippen LogP contribution >= 0.6 is 0 Å². The van der Waals surface area contributed by atoms with E-state index in [2.05, 4.69) is 42.5 Å². The van der Waals surface area contributed by atoms with Gasteiger partial charge in [-0.2, -0.15) is 0 Å². The maximum absolute atomic E-state index is 12.8. The van der Waals surface area contributed by atoms with Crippen LogP contribution in [0.15, 0.2) is 24.3 Å². The standard InChI is InChI=1S/C20H28NO.2CH2/c1-16-9-11-17(12-10-16)15-18-13-14-21(20(18)22)19-7-5-3-2-4-6-8-19;;/h7,9-12,18-19H,2-6,8,13-15H2,1H3;2*1H2. The summed E-state index contributed by atoms with van der Waals surface area (Å²) in [5, 5.41) is 0. The summed E-state index contributed by atoms with van der Waals surface area (Å²) in [6, 6.07) is 9.04. The molecular formula is C22H32NO. The van der Waals surface area contributed by atoms with Crippen molar-refractivity contribution in [3.63, 3.8) is 0 Å². The van der Waals surface area contributed by atoms with Crippen molar-refractivity contribution in [2.45, 2.75) is 64.3 Å². The lowest BCUT2D eigenvalue weighted by atomic mass is 9.95. The molecule has 1 heterocycles. The van der Waals surface area contributed by atoms with E-state index in [9.17, 15) is 4.79 Å². The van der Waals surface area contributed by atoms with E-state index in [1.807, 2.05) is 0 Å². The molecule has 2 fully saturated rings. The van der Waals surface area contributed by atoms with Gasteiger partial charge in [0.05, 0.1) is 0 Å². The summed E-state index contributed by atoms with van der Waals surface area (Å²) >= 11 is 0. The maximum Gasteiger partial charge on any atom is 0.226 e. The van der Waals surface area contributed by atoms with Crippen LogP contribution in [0.2, 0.25) is 0 Å². The van der Waals surface area contributed by atoms with Gasteiger partial charge in [-0.15, -0.1) is 0 Å². The third-order valence-electron chi connectivity index (χ3n) is 5.25. The molecule has 1 aliphatic carbocycles. The molecular weight excluding hydrogens is 294 g/mol. The van der Waals surface area contributed by atoms with E-state index in [1.165, 1.54) is 49.7 Å². The van der Waals surface area contributed by atoms with Crippen molar-refractivity contribution in [2.75, 3.05) is 6.54 Å². The molecule has 0 aromatic heterocycles. The van der Waals surface area contributed by atoms with E-state index in [4.69, 9.17) is 0 Å². The largest absolute Gasteiger partial charge is 0.339 e. The Balaban J connectivity index is 0.00000144. The molecule has 2 nitrogen and oxygen atoms in total. The minimum atomic E-state index is 0. The molecule has 1 amide bonds. The van der Waals surface area contributed by atoms with Crippen molar-refractivity contribution in [3.8, 4) is 0 Å². The molecule has 2 atom stereocenters. The fourth-order valence-corrected chi connectivity index (χ4v) is 3.85. The van der Waals surface area contributed by atoms with Gasteiger partial charge in [-0.05, 0) is 44.6 Å². The van der Waals surface area contributed by atoms with Crippen molar-refractivity contribution in [2.24, 2.45) is 5.92 Å². The highest BCUT2D eigenvalue weighted by molar-refractivity contribution is 5.81. The molecule has 2 unspecified atom stereocenters. The number of carbonyl (C=O) groups is 1. The lowest BCUT2D eigenvalue weighted by Crippen LogP contribution is -2.38. The van der Waals surface area contributed by atoms with Crippen LogP contribution in [0.5, 0.6) is 0 Å². The summed E-state index contributed by atoms with van der Waals surface area (Å²) in [6.45, 7) is 3.06. The number of hydrogen-bond acceptors (Lipinski definition) is 1. The van der Waals surface area contributed by atoms with E-state index in [-0.39, 0.29) is 20.8 Å². The van der Waals surface area contributed by atoms with Crippen molar-refractivity contribution < 1.29 is 4.79 Å². The number of aryl methyl sites for hydroxylation is 1. The monoisotopic (exact) mass is 326 g/mol. The second kappa shape index (κ2) is 9.86. The van der Waals surface area contributed by atoms with Crippen LogP contribution in [0.4, 0.5) is 0 Å². The molecule has 2 heteroatoms. The summed E-state index contributed by atoms with van der Waals surface area (Å²) in [7, 11) is 0. The smallest absolute Gasteiger partial charge is 0.226 e. The van der Waals surface area contributed by atoms with Crippen molar-refractivity contribution in [1.82, 2.24) is 4.90 Å². The number of carbonyl (C=O) groups excluding carboxylic acids is 1. The average molecular weight is 327 g/mol. The van der Waals surface area contributed by atoms with Crippen LogP contribution in [0.1, 0.15) is 56.1 Å². The number of nitrogens with zero attached hydrogens (tertiary/aromatic N) is 1. The van der Waals surface area contributed by atoms with Crippen LogP contribution in [0, 0.1) is 34.1 Å². The third kappa shape index (κ3) is 5.09. The number of rotatable bonds is 3. The minimum Gasteiger partial charge on any atom is -0.339 e. The summed E-state index contributed by atoms with van der Waals surface area (Å²) in [4.78, 5) is 15.0. The Labute approximate surface area is 149 Å². The van der Waals surface area contributed by atoms with Gasteiger partial charge in [-0.25, -0.2) is 0 Å². The van der Waals surface area contributed by atoms with Gasteiger partial charge in [-0.3, -0.25) is 4.79 Å². The van der Waals surface area contributed by atoms with E-state index in [1.54, 1.807) is 0 Å². The number of benzene rings is 1. The first-order valence-electron chi connectivity index (χ1n) is 8.93. The molecule has 1 saturated heterocycles. The van der Waals surface area contributed by atoms with E-state index in [0.717, 1.165) is 19.4 Å². The Morgan fingerprint density at radius 1 is 1.00 bits per heavy atom. The summed E-state index contributed by atoms with van der Waals surface area (Å²) in [6.07, 6.45) is 11.9. The number of likely N-dealkylation sites (tertiary alicyclic amines) is 1. The van der Waals surface area contributed by atoms with Gasteiger partial charge in [0, 0.05) is 18.5 Å².